The lowest BCUT2D eigenvalue weighted by Gasteiger charge is -2.12. The number of benzene rings is 3. The number of carbonyl (C=O) groups is 1. The molecule has 0 radical (unpaired) electrons. The summed E-state index contributed by atoms with van der Waals surface area (Å²) in [6.07, 6.45) is 0. The Morgan fingerprint density at radius 3 is 2.33 bits per heavy atom. The third-order valence-corrected chi connectivity index (χ3v) is 3.84. The van der Waals surface area contributed by atoms with Crippen LogP contribution in [0.1, 0.15) is 15.9 Å². The zero-order valence-electron chi connectivity index (χ0n) is 13.1. The van der Waals surface area contributed by atoms with E-state index in [2.05, 4.69) is 4.99 Å². The minimum absolute atomic E-state index is 0.275. The number of nitrogens with zero attached hydrogens (tertiary/aromatic N) is 1. The van der Waals surface area contributed by atoms with Crippen LogP contribution in [0.4, 0.5) is 4.39 Å². The molecule has 3 aromatic carbocycles. The fourth-order valence-corrected chi connectivity index (χ4v) is 2.74. The predicted molar refractivity (Wildman–Crippen MR) is 94.2 cm³/mol. The monoisotopic (exact) mass is 321 g/mol. The van der Waals surface area contributed by atoms with E-state index >= 15 is 0 Å². The standard InChI is InChI=1S/C19H16FN3O/c1-11-2-3-12-4-5-14(18(24)23-19(21)22)10-16(12)17(11)13-6-8-15(20)9-7-13/h2-10H,1H3,(H4,21,22,23,24). The molecule has 5 heteroatoms. The van der Waals surface area contributed by atoms with Crippen molar-refractivity contribution in [3.8, 4) is 11.1 Å². The summed E-state index contributed by atoms with van der Waals surface area (Å²) >= 11 is 0. The molecule has 0 atom stereocenters. The van der Waals surface area contributed by atoms with Gasteiger partial charge in [0, 0.05) is 5.56 Å². The van der Waals surface area contributed by atoms with Crippen molar-refractivity contribution in [2.75, 3.05) is 0 Å². The average molecular weight is 321 g/mol. The van der Waals surface area contributed by atoms with Gasteiger partial charge in [-0.2, -0.15) is 4.99 Å². The van der Waals surface area contributed by atoms with Crippen LogP contribution < -0.4 is 11.5 Å². The molecule has 24 heavy (non-hydrogen) atoms. The van der Waals surface area contributed by atoms with Crippen molar-refractivity contribution < 1.29 is 9.18 Å². The SMILES string of the molecule is Cc1ccc2ccc(C(=O)N=C(N)N)cc2c1-c1ccc(F)cc1. The summed E-state index contributed by atoms with van der Waals surface area (Å²) in [5.41, 5.74) is 13.8. The first kappa shape index (κ1) is 15.7. The first-order valence-corrected chi connectivity index (χ1v) is 7.39. The van der Waals surface area contributed by atoms with Gasteiger partial charge in [-0.25, -0.2) is 4.39 Å². The molecule has 0 aliphatic rings. The number of nitrogens with two attached hydrogens (primary N) is 2. The van der Waals surface area contributed by atoms with Gasteiger partial charge < -0.3 is 11.5 Å². The predicted octanol–water partition coefficient (Wildman–Crippen LogP) is 3.37. The van der Waals surface area contributed by atoms with E-state index in [0.717, 1.165) is 27.5 Å². The highest BCUT2D eigenvalue weighted by molar-refractivity contribution is 6.06. The summed E-state index contributed by atoms with van der Waals surface area (Å²) in [7, 11) is 0. The molecule has 0 bridgehead atoms. The van der Waals surface area contributed by atoms with Crippen molar-refractivity contribution in [1.82, 2.24) is 0 Å². The fraction of sp³-hybridized carbons (Fsp3) is 0.0526. The van der Waals surface area contributed by atoms with E-state index in [1.807, 2.05) is 25.1 Å². The molecular weight excluding hydrogens is 305 g/mol. The zero-order valence-corrected chi connectivity index (χ0v) is 13.1. The largest absolute Gasteiger partial charge is 0.370 e. The second-order valence-corrected chi connectivity index (χ2v) is 5.54. The number of guanidine groups is 1. The molecule has 0 fully saturated rings. The maximum Gasteiger partial charge on any atom is 0.280 e. The van der Waals surface area contributed by atoms with E-state index in [9.17, 15) is 9.18 Å². The molecule has 0 aromatic heterocycles. The molecule has 0 saturated heterocycles. The Morgan fingerprint density at radius 1 is 1.00 bits per heavy atom. The van der Waals surface area contributed by atoms with Crippen molar-refractivity contribution in [3.63, 3.8) is 0 Å². The molecule has 4 nitrogen and oxygen atoms in total. The maximum absolute atomic E-state index is 13.2. The molecular formula is C19H16FN3O. The van der Waals surface area contributed by atoms with E-state index < -0.39 is 5.91 Å². The Kier molecular flexibility index (Phi) is 4.00. The third kappa shape index (κ3) is 2.96. The first-order valence-electron chi connectivity index (χ1n) is 7.39. The van der Waals surface area contributed by atoms with Gasteiger partial charge in [-0.1, -0.05) is 30.3 Å². The van der Waals surface area contributed by atoms with Crippen LogP contribution in [0.25, 0.3) is 21.9 Å². The van der Waals surface area contributed by atoms with E-state index in [0.29, 0.717) is 5.56 Å². The Balaban J connectivity index is 2.24. The smallest absolute Gasteiger partial charge is 0.280 e. The van der Waals surface area contributed by atoms with Gasteiger partial charge in [0.15, 0.2) is 5.96 Å². The van der Waals surface area contributed by atoms with Crippen molar-refractivity contribution in [2.45, 2.75) is 6.92 Å². The summed E-state index contributed by atoms with van der Waals surface area (Å²) in [5, 5.41) is 1.86. The van der Waals surface area contributed by atoms with Crippen molar-refractivity contribution in [3.05, 3.63) is 71.5 Å². The van der Waals surface area contributed by atoms with Crippen LogP contribution in [-0.2, 0) is 0 Å². The molecule has 0 spiro atoms. The summed E-state index contributed by atoms with van der Waals surface area (Å²) in [4.78, 5) is 15.7. The van der Waals surface area contributed by atoms with Crippen LogP contribution in [-0.4, -0.2) is 11.9 Å². The molecule has 0 aliphatic carbocycles. The van der Waals surface area contributed by atoms with Gasteiger partial charge in [-0.15, -0.1) is 0 Å². The quantitative estimate of drug-likeness (QED) is 0.561. The van der Waals surface area contributed by atoms with Crippen LogP contribution in [0.15, 0.2) is 59.6 Å². The topological polar surface area (TPSA) is 81.5 Å². The van der Waals surface area contributed by atoms with Crippen LogP contribution in [0.2, 0.25) is 0 Å². The minimum Gasteiger partial charge on any atom is -0.370 e. The average Bonchev–Trinajstić information content (AvgIpc) is 2.55. The molecule has 0 saturated carbocycles. The Morgan fingerprint density at radius 2 is 1.67 bits per heavy atom. The van der Waals surface area contributed by atoms with E-state index in [1.165, 1.54) is 12.1 Å². The minimum atomic E-state index is -0.497. The van der Waals surface area contributed by atoms with Crippen LogP contribution >= 0.6 is 0 Å². The summed E-state index contributed by atoms with van der Waals surface area (Å²) in [5.74, 6) is -1.06. The molecule has 3 aromatic rings. The molecule has 0 unspecified atom stereocenters. The highest BCUT2D eigenvalue weighted by Crippen LogP contribution is 2.32. The fourth-order valence-electron chi connectivity index (χ4n) is 2.74. The van der Waals surface area contributed by atoms with Gasteiger partial charge in [0.1, 0.15) is 5.82 Å². The summed E-state index contributed by atoms with van der Waals surface area (Å²) in [6.45, 7) is 1.97. The second kappa shape index (κ2) is 6.12. The number of hydrogen-bond acceptors (Lipinski definition) is 1. The lowest BCUT2D eigenvalue weighted by Crippen LogP contribution is -2.24. The van der Waals surface area contributed by atoms with Gasteiger partial charge in [0.25, 0.3) is 5.91 Å². The van der Waals surface area contributed by atoms with Crippen molar-refractivity contribution >= 4 is 22.6 Å². The normalized spacial score (nSPS) is 10.6. The number of aliphatic imine (C=N–C) groups is 1. The van der Waals surface area contributed by atoms with Gasteiger partial charge in [-0.05, 0) is 58.7 Å². The van der Waals surface area contributed by atoms with Gasteiger partial charge in [0.2, 0.25) is 0 Å². The van der Waals surface area contributed by atoms with Crippen molar-refractivity contribution in [1.29, 1.82) is 0 Å². The number of amides is 1. The van der Waals surface area contributed by atoms with Crippen LogP contribution in [0, 0.1) is 12.7 Å². The molecule has 4 N–H and O–H groups in total. The lowest BCUT2D eigenvalue weighted by molar-refractivity contribution is 0.100. The maximum atomic E-state index is 13.2. The first-order chi connectivity index (χ1) is 11.5. The lowest BCUT2D eigenvalue weighted by atomic mass is 9.93. The van der Waals surface area contributed by atoms with Crippen molar-refractivity contribution in [2.24, 2.45) is 16.5 Å². The van der Waals surface area contributed by atoms with Gasteiger partial charge in [-0.3, -0.25) is 4.79 Å². The number of halogens is 1. The second-order valence-electron chi connectivity index (χ2n) is 5.54. The van der Waals surface area contributed by atoms with E-state index in [4.69, 9.17) is 11.5 Å². The van der Waals surface area contributed by atoms with Gasteiger partial charge in [0.05, 0.1) is 0 Å². The Labute approximate surface area is 138 Å². The van der Waals surface area contributed by atoms with Crippen LogP contribution in [0.3, 0.4) is 0 Å². The zero-order chi connectivity index (χ0) is 17.3. The number of rotatable bonds is 2. The van der Waals surface area contributed by atoms with Crippen LogP contribution in [0.5, 0.6) is 0 Å². The molecule has 1 amide bonds. The van der Waals surface area contributed by atoms with E-state index in [-0.39, 0.29) is 11.8 Å². The number of carbonyl (C=O) groups excluding carboxylic acids is 1. The van der Waals surface area contributed by atoms with E-state index in [1.54, 1.807) is 24.3 Å². The highest BCUT2D eigenvalue weighted by atomic mass is 19.1. The third-order valence-electron chi connectivity index (χ3n) is 3.84. The number of hydrogen-bond donors (Lipinski definition) is 2. The summed E-state index contributed by atoms with van der Waals surface area (Å²) < 4.78 is 13.2. The highest BCUT2D eigenvalue weighted by Gasteiger charge is 2.11. The Hall–Kier alpha value is -3.21. The Bertz CT molecular complexity index is 958. The molecule has 120 valence electrons. The summed E-state index contributed by atoms with van der Waals surface area (Å²) in [6, 6.07) is 15.5. The molecule has 0 heterocycles. The molecule has 0 aliphatic heterocycles. The molecule has 3 rings (SSSR count). The number of aryl methyl sites for hydroxylation is 1. The van der Waals surface area contributed by atoms with Gasteiger partial charge >= 0.3 is 0 Å². The number of fused-ring (bicyclic) bond motifs is 1.